The van der Waals surface area contributed by atoms with E-state index in [1.54, 1.807) is 0 Å². The number of nitrogens with zero attached hydrogens (tertiary/aromatic N) is 8. The molecule has 2 saturated heterocycles. The molecule has 3 aromatic carbocycles. The highest BCUT2D eigenvalue weighted by Gasteiger charge is 2.15. The number of rotatable bonds is 10. The Balaban J connectivity index is 1.15. The highest BCUT2D eigenvalue weighted by atomic mass is 15.4. The van der Waals surface area contributed by atoms with Gasteiger partial charge in [-0.05, 0) is 86.7 Å². The van der Waals surface area contributed by atoms with Crippen LogP contribution in [0.2, 0.25) is 0 Å². The van der Waals surface area contributed by atoms with Gasteiger partial charge < -0.3 is 9.80 Å². The predicted octanol–water partition coefficient (Wildman–Crippen LogP) is 7.43. The van der Waals surface area contributed by atoms with Crippen LogP contribution in [0, 0.1) is 0 Å². The van der Waals surface area contributed by atoms with Crippen LogP contribution in [-0.4, -0.2) is 65.5 Å². The Morgan fingerprint density at radius 3 is 1.24 bits per heavy atom. The van der Waals surface area contributed by atoms with E-state index in [1.165, 1.54) is 25.7 Å². The van der Waals surface area contributed by atoms with Gasteiger partial charge in [0.1, 0.15) is 0 Å². The van der Waals surface area contributed by atoms with E-state index in [4.69, 9.17) is 20.2 Å². The molecule has 0 spiro atoms. The Morgan fingerprint density at radius 2 is 0.848 bits per heavy atom. The topological polar surface area (TPSA) is 67.9 Å². The van der Waals surface area contributed by atoms with Crippen molar-refractivity contribution < 1.29 is 0 Å². The minimum Gasteiger partial charge on any atom is -0.377 e. The van der Waals surface area contributed by atoms with Crippen molar-refractivity contribution in [2.75, 3.05) is 26.2 Å². The third-order valence-electron chi connectivity index (χ3n) is 8.26. The molecule has 0 N–H and O–H groups in total. The minimum atomic E-state index is 0.662. The summed E-state index contributed by atoms with van der Waals surface area (Å²) < 4.78 is 3.78. The van der Waals surface area contributed by atoms with Gasteiger partial charge in [0.15, 0.2) is 23.3 Å². The van der Waals surface area contributed by atoms with E-state index in [-0.39, 0.29) is 0 Å². The molecule has 0 radical (unpaired) electrons. The molecule has 2 fully saturated rings. The Bertz CT molecular complexity index is 1700. The number of allylic oxidation sites excluding steroid dienone is 4. The first-order chi connectivity index (χ1) is 22.8. The maximum absolute atomic E-state index is 4.92. The van der Waals surface area contributed by atoms with E-state index in [9.17, 15) is 0 Å². The fourth-order valence-electron chi connectivity index (χ4n) is 5.80. The lowest BCUT2D eigenvalue weighted by Gasteiger charge is -2.08. The Labute approximate surface area is 270 Å². The van der Waals surface area contributed by atoms with Gasteiger partial charge in [0.2, 0.25) is 0 Å². The molecule has 8 heteroatoms. The molecule has 0 amide bonds. The van der Waals surface area contributed by atoms with Gasteiger partial charge >= 0.3 is 0 Å². The van der Waals surface area contributed by atoms with Gasteiger partial charge in [-0.2, -0.15) is 0 Å². The summed E-state index contributed by atoms with van der Waals surface area (Å²) in [6.07, 6.45) is 21.6. The van der Waals surface area contributed by atoms with Gasteiger partial charge in [-0.3, -0.25) is 0 Å². The maximum Gasteiger partial charge on any atom is 0.182 e. The molecule has 0 saturated carbocycles. The lowest BCUT2D eigenvalue weighted by atomic mass is 10.1. The third kappa shape index (κ3) is 6.91. The average Bonchev–Trinajstić information content (AvgIpc) is 3.94. The van der Waals surface area contributed by atoms with Gasteiger partial charge in [0.25, 0.3) is 0 Å². The summed E-state index contributed by atoms with van der Waals surface area (Å²) in [5, 5.41) is 9.81. The van der Waals surface area contributed by atoms with Crippen LogP contribution >= 0.6 is 0 Å². The second-order valence-corrected chi connectivity index (χ2v) is 11.5. The largest absolute Gasteiger partial charge is 0.377 e. The minimum absolute atomic E-state index is 0.662. The molecule has 0 bridgehead atoms. The van der Waals surface area contributed by atoms with Crippen LogP contribution in [0.3, 0.4) is 0 Å². The van der Waals surface area contributed by atoms with Crippen LogP contribution in [0.25, 0.3) is 46.3 Å². The van der Waals surface area contributed by atoms with Crippen molar-refractivity contribution in [3.05, 3.63) is 133 Å². The number of aromatic nitrogens is 6. The van der Waals surface area contributed by atoms with E-state index in [2.05, 4.69) is 34.4 Å². The van der Waals surface area contributed by atoms with Crippen molar-refractivity contribution in [1.82, 2.24) is 39.3 Å². The number of benzene rings is 3. The highest BCUT2D eigenvalue weighted by Crippen LogP contribution is 2.25. The predicted molar refractivity (Wildman–Crippen MR) is 185 cm³/mol. The summed E-state index contributed by atoms with van der Waals surface area (Å²) in [5.41, 5.74) is 3.78. The van der Waals surface area contributed by atoms with Gasteiger partial charge in [-0.25, -0.2) is 19.3 Å². The first kappa shape index (κ1) is 29.2. The molecule has 0 atom stereocenters. The number of hydrogen-bond donors (Lipinski definition) is 0. The molecule has 230 valence electrons. The van der Waals surface area contributed by atoms with E-state index < -0.39 is 0 Å². The molecule has 2 aliphatic rings. The SMILES string of the molecule is C(/C=C/N1CCCC1)=C\c1nc(-c2ccc(-c3nc(/C=C/C=C/N4CCCC4)n(-c4ccccc4)n3)cc2)nn1-c1ccccc1. The lowest BCUT2D eigenvalue weighted by Crippen LogP contribution is -2.09. The van der Waals surface area contributed by atoms with Crippen molar-refractivity contribution in [3.63, 3.8) is 0 Å². The first-order valence-electron chi connectivity index (χ1n) is 16.1. The molecular weight excluding hydrogens is 568 g/mol. The summed E-state index contributed by atoms with van der Waals surface area (Å²) in [6, 6.07) is 28.4. The fourth-order valence-corrected chi connectivity index (χ4v) is 5.80. The summed E-state index contributed by atoms with van der Waals surface area (Å²) in [4.78, 5) is 14.5. The van der Waals surface area contributed by atoms with Crippen molar-refractivity contribution >= 4 is 12.2 Å². The van der Waals surface area contributed by atoms with E-state index in [1.807, 2.05) is 119 Å². The molecule has 5 aromatic rings. The van der Waals surface area contributed by atoms with Gasteiger partial charge in [0.05, 0.1) is 11.4 Å². The molecular formula is C38H38N8. The Morgan fingerprint density at radius 1 is 0.457 bits per heavy atom. The van der Waals surface area contributed by atoms with E-state index in [0.29, 0.717) is 11.6 Å². The zero-order chi connectivity index (χ0) is 31.0. The molecule has 2 aromatic heterocycles. The van der Waals surface area contributed by atoms with Gasteiger partial charge in [0, 0.05) is 37.3 Å². The smallest absolute Gasteiger partial charge is 0.182 e. The van der Waals surface area contributed by atoms with Crippen LogP contribution < -0.4 is 0 Å². The second kappa shape index (κ2) is 14.1. The standard InChI is InChI=1S/C38H38N8/c1-3-15-33(16-4-1)45-35(19-7-9-25-43-27-11-12-28-43)39-37(41-45)31-21-23-32(24-22-31)38-40-36(20-8-10-26-44-29-13-14-30-44)46(42-38)34-17-5-2-6-18-34/h1-10,15-26H,11-14,27-30H2/b19-7+,20-8+,25-9+,26-10+. The maximum atomic E-state index is 4.92. The van der Waals surface area contributed by atoms with Gasteiger partial charge in [-0.1, -0.05) is 72.8 Å². The van der Waals surface area contributed by atoms with Crippen LogP contribution in [0.15, 0.2) is 122 Å². The van der Waals surface area contributed by atoms with Crippen molar-refractivity contribution in [2.45, 2.75) is 25.7 Å². The van der Waals surface area contributed by atoms with Crippen molar-refractivity contribution in [2.24, 2.45) is 0 Å². The zero-order valence-electron chi connectivity index (χ0n) is 25.9. The number of para-hydroxylation sites is 2. The molecule has 0 aliphatic carbocycles. The average molecular weight is 607 g/mol. The lowest BCUT2D eigenvalue weighted by molar-refractivity contribution is 0.468. The van der Waals surface area contributed by atoms with Crippen LogP contribution in [0.1, 0.15) is 37.3 Å². The quantitative estimate of drug-likeness (QED) is 0.154. The normalized spacial score (nSPS) is 15.6. The zero-order valence-corrected chi connectivity index (χ0v) is 25.9. The highest BCUT2D eigenvalue weighted by molar-refractivity contribution is 5.65. The molecule has 0 unspecified atom stereocenters. The molecule has 4 heterocycles. The summed E-state index contributed by atoms with van der Waals surface area (Å²) in [7, 11) is 0. The van der Waals surface area contributed by atoms with Crippen LogP contribution in [-0.2, 0) is 0 Å². The van der Waals surface area contributed by atoms with E-state index >= 15 is 0 Å². The molecule has 46 heavy (non-hydrogen) atoms. The summed E-state index contributed by atoms with van der Waals surface area (Å²) >= 11 is 0. The summed E-state index contributed by atoms with van der Waals surface area (Å²) in [6.45, 7) is 4.50. The number of likely N-dealkylation sites (tertiary alicyclic amines) is 2. The molecule has 8 nitrogen and oxygen atoms in total. The van der Waals surface area contributed by atoms with E-state index in [0.717, 1.165) is 60.3 Å². The monoisotopic (exact) mass is 606 g/mol. The Kier molecular flexibility index (Phi) is 8.94. The number of hydrogen-bond acceptors (Lipinski definition) is 6. The first-order valence-corrected chi connectivity index (χ1v) is 16.1. The van der Waals surface area contributed by atoms with Crippen molar-refractivity contribution in [3.8, 4) is 34.2 Å². The molecule has 2 aliphatic heterocycles. The third-order valence-corrected chi connectivity index (χ3v) is 8.26. The fraction of sp³-hybridized carbons (Fsp3) is 0.211. The summed E-state index contributed by atoms with van der Waals surface area (Å²) in [5.74, 6) is 2.87. The van der Waals surface area contributed by atoms with Crippen molar-refractivity contribution in [1.29, 1.82) is 0 Å². The van der Waals surface area contributed by atoms with Crippen LogP contribution in [0.5, 0.6) is 0 Å². The Hall–Kier alpha value is -5.50. The van der Waals surface area contributed by atoms with Gasteiger partial charge in [-0.15, -0.1) is 10.2 Å². The van der Waals surface area contributed by atoms with Crippen LogP contribution in [0.4, 0.5) is 0 Å². The molecule has 7 rings (SSSR count). The second-order valence-electron chi connectivity index (χ2n) is 11.5.